The number of nitrogens with zero attached hydrogens (tertiary/aromatic N) is 4. The van der Waals surface area contributed by atoms with Crippen LogP contribution in [0, 0.1) is 5.41 Å². The molecule has 5 rings (SSSR count). The Morgan fingerprint density at radius 1 is 1.14 bits per heavy atom. The first-order valence-electron chi connectivity index (χ1n) is 11.8. The van der Waals surface area contributed by atoms with Crippen molar-refractivity contribution in [3.8, 4) is 11.3 Å². The molecule has 2 aromatic heterocycles. The summed E-state index contributed by atoms with van der Waals surface area (Å²) in [5, 5.41) is 11.2. The van der Waals surface area contributed by atoms with Gasteiger partial charge in [0, 0.05) is 25.2 Å². The Bertz CT molecular complexity index is 1370. The number of carbonyl (C=O) groups excluding carboxylic acids is 1. The van der Waals surface area contributed by atoms with Gasteiger partial charge in [-0.2, -0.15) is 5.10 Å². The maximum Gasteiger partial charge on any atom is 0.407 e. The number of alkyl carbamates (subject to hydrolysis) is 1. The molecule has 1 aliphatic rings. The minimum Gasteiger partial charge on any atom is -0.445 e. The minimum absolute atomic E-state index is 0.0235. The molecule has 3 heterocycles. The number of carbonyl (C=O) groups is 1. The fourth-order valence-electron chi connectivity index (χ4n) is 4.33. The van der Waals surface area contributed by atoms with Crippen LogP contribution in [0.15, 0.2) is 54.7 Å². The molecule has 36 heavy (non-hydrogen) atoms. The van der Waals surface area contributed by atoms with Crippen LogP contribution in [0.2, 0.25) is 10.0 Å². The number of hydrogen-bond donors (Lipinski definition) is 2. The summed E-state index contributed by atoms with van der Waals surface area (Å²) in [4.78, 5) is 23.8. The number of fused-ring (bicyclic) bond motifs is 1. The van der Waals surface area contributed by atoms with Gasteiger partial charge in [0.25, 0.3) is 0 Å². The van der Waals surface area contributed by atoms with Gasteiger partial charge in [0.2, 0.25) is 0 Å². The molecule has 1 fully saturated rings. The van der Waals surface area contributed by atoms with E-state index in [1.54, 1.807) is 12.3 Å². The van der Waals surface area contributed by atoms with E-state index in [2.05, 4.69) is 32.3 Å². The first-order valence-corrected chi connectivity index (χ1v) is 12.5. The Morgan fingerprint density at radius 3 is 2.69 bits per heavy atom. The lowest BCUT2D eigenvalue weighted by molar-refractivity contribution is 0.131. The van der Waals surface area contributed by atoms with E-state index in [4.69, 9.17) is 32.9 Å². The summed E-state index contributed by atoms with van der Waals surface area (Å²) in [6, 6.07) is 15.1. The van der Waals surface area contributed by atoms with Gasteiger partial charge >= 0.3 is 6.09 Å². The second-order valence-corrected chi connectivity index (χ2v) is 10.1. The standard InChI is InChI=1S/C26H26Cl2N6O2/c1-26(16-30-25(35)36-15-17-6-3-2-4-7-17)10-12-34(13-11-26)20-14-29-23-22(32-33-24(23)31-20)18-8-5-9-19(27)21(18)28/h2-9,14H,10-13,15-16H2,1H3,(H,30,35)(H,31,32,33). The molecule has 0 spiro atoms. The van der Waals surface area contributed by atoms with Crippen molar-refractivity contribution >= 4 is 46.3 Å². The number of amides is 1. The summed E-state index contributed by atoms with van der Waals surface area (Å²) < 4.78 is 5.34. The summed E-state index contributed by atoms with van der Waals surface area (Å²) in [6.45, 7) is 4.62. The van der Waals surface area contributed by atoms with Gasteiger partial charge in [0.1, 0.15) is 23.6 Å². The number of halogens is 2. The van der Waals surface area contributed by atoms with Crippen LogP contribution in [-0.4, -0.2) is 45.9 Å². The molecule has 0 aliphatic carbocycles. The largest absolute Gasteiger partial charge is 0.445 e. The lowest BCUT2D eigenvalue weighted by Crippen LogP contribution is -2.45. The lowest BCUT2D eigenvalue weighted by atomic mass is 9.80. The molecule has 0 radical (unpaired) electrons. The highest BCUT2D eigenvalue weighted by atomic mass is 35.5. The zero-order valence-electron chi connectivity index (χ0n) is 19.8. The number of rotatable bonds is 6. The Hall–Kier alpha value is -3.36. The number of anilines is 1. The molecule has 1 saturated heterocycles. The van der Waals surface area contributed by atoms with Crippen molar-refractivity contribution in [3.63, 3.8) is 0 Å². The number of nitrogens with one attached hydrogen (secondary N) is 2. The van der Waals surface area contributed by atoms with Gasteiger partial charge in [0.15, 0.2) is 5.65 Å². The van der Waals surface area contributed by atoms with E-state index >= 15 is 0 Å². The molecule has 4 aromatic rings. The molecular weight excluding hydrogens is 499 g/mol. The quantitative estimate of drug-likeness (QED) is 0.328. The number of ether oxygens (including phenoxy) is 1. The van der Waals surface area contributed by atoms with Gasteiger partial charge in [0.05, 0.1) is 16.2 Å². The molecule has 0 saturated carbocycles. The molecule has 10 heteroatoms. The Kier molecular flexibility index (Phi) is 6.98. The summed E-state index contributed by atoms with van der Waals surface area (Å²) in [6.07, 6.45) is 3.17. The first kappa shape index (κ1) is 24.3. The average Bonchev–Trinajstić information content (AvgIpc) is 3.32. The normalized spacial score (nSPS) is 15.1. The van der Waals surface area contributed by atoms with Gasteiger partial charge < -0.3 is 15.0 Å². The zero-order chi connectivity index (χ0) is 25.1. The minimum atomic E-state index is -0.395. The van der Waals surface area contributed by atoms with Crippen molar-refractivity contribution in [1.29, 1.82) is 0 Å². The van der Waals surface area contributed by atoms with E-state index in [1.165, 1.54) is 0 Å². The molecule has 1 aliphatic heterocycles. The highest BCUT2D eigenvalue weighted by Crippen LogP contribution is 2.36. The third-order valence-corrected chi connectivity index (χ3v) is 7.45. The lowest BCUT2D eigenvalue weighted by Gasteiger charge is -2.39. The van der Waals surface area contributed by atoms with Crippen molar-refractivity contribution in [2.45, 2.75) is 26.4 Å². The van der Waals surface area contributed by atoms with Gasteiger partial charge in [-0.25, -0.2) is 14.8 Å². The van der Waals surface area contributed by atoms with E-state index in [1.807, 2.05) is 42.5 Å². The molecule has 2 N–H and O–H groups in total. The summed E-state index contributed by atoms with van der Waals surface area (Å²) >= 11 is 12.5. The Morgan fingerprint density at radius 2 is 1.92 bits per heavy atom. The van der Waals surface area contributed by atoms with Gasteiger partial charge in [-0.1, -0.05) is 72.6 Å². The summed E-state index contributed by atoms with van der Waals surface area (Å²) in [7, 11) is 0. The van der Waals surface area contributed by atoms with Crippen molar-refractivity contribution in [2.75, 3.05) is 24.5 Å². The fourth-order valence-corrected chi connectivity index (χ4v) is 4.72. The molecule has 186 valence electrons. The summed E-state index contributed by atoms with van der Waals surface area (Å²) in [5.74, 6) is 0.784. The highest BCUT2D eigenvalue weighted by Gasteiger charge is 2.31. The van der Waals surface area contributed by atoms with Gasteiger partial charge in [-0.05, 0) is 29.9 Å². The Labute approximate surface area is 219 Å². The van der Waals surface area contributed by atoms with Crippen LogP contribution in [-0.2, 0) is 11.3 Å². The molecule has 1 amide bonds. The zero-order valence-corrected chi connectivity index (χ0v) is 21.3. The van der Waals surface area contributed by atoms with Crippen LogP contribution in [0.25, 0.3) is 22.4 Å². The second kappa shape index (κ2) is 10.3. The number of hydrogen-bond acceptors (Lipinski definition) is 6. The van der Waals surface area contributed by atoms with Crippen LogP contribution >= 0.6 is 23.2 Å². The summed E-state index contributed by atoms with van der Waals surface area (Å²) in [5.41, 5.74) is 3.50. The number of H-pyrrole nitrogens is 1. The maximum absolute atomic E-state index is 12.2. The molecule has 2 aromatic carbocycles. The number of piperidine rings is 1. The molecule has 0 unspecified atom stereocenters. The highest BCUT2D eigenvalue weighted by molar-refractivity contribution is 6.43. The van der Waals surface area contributed by atoms with Crippen molar-refractivity contribution in [2.24, 2.45) is 5.41 Å². The predicted octanol–water partition coefficient (Wildman–Crippen LogP) is 5.86. The predicted molar refractivity (Wildman–Crippen MR) is 141 cm³/mol. The van der Waals surface area contributed by atoms with Crippen LogP contribution in [0.1, 0.15) is 25.3 Å². The molecule has 0 bridgehead atoms. The topological polar surface area (TPSA) is 96.0 Å². The van der Waals surface area contributed by atoms with Crippen LogP contribution in [0.4, 0.5) is 10.6 Å². The number of aromatic amines is 1. The van der Waals surface area contributed by atoms with Crippen LogP contribution in [0.5, 0.6) is 0 Å². The van der Waals surface area contributed by atoms with Crippen LogP contribution in [0.3, 0.4) is 0 Å². The average molecular weight is 525 g/mol. The van der Waals surface area contributed by atoms with E-state index in [0.717, 1.165) is 37.3 Å². The molecular formula is C26H26Cl2N6O2. The Balaban J connectivity index is 1.18. The monoisotopic (exact) mass is 524 g/mol. The van der Waals surface area contributed by atoms with Gasteiger partial charge in [-0.3, -0.25) is 5.10 Å². The first-order chi connectivity index (χ1) is 17.4. The SMILES string of the molecule is CC1(CNC(=O)OCc2ccccc2)CCN(c2cnc3c(-c4cccc(Cl)c4Cl)n[nH]c3n2)CC1. The van der Waals surface area contributed by atoms with Crippen molar-refractivity contribution in [3.05, 3.63) is 70.3 Å². The van der Waals surface area contributed by atoms with Crippen LogP contribution < -0.4 is 10.2 Å². The second-order valence-electron chi connectivity index (χ2n) is 9.31. The number of benzene rings is 2. The van der Waals surface area contributed by atoms with E-state index < -0.39 is 6.09 Å². The third-order valence-electron chi connectivity index (χ3n) is 6.63. The van der Waals surface area contributed by atoms with E-state index in [9.17, 15) is 4.79 Å². The van der Waals surface area contributed by atoms with Gasteiger partial charge in [-0.15, -0.1) is 0 Å². The molecule has 8 nitrogen and oxygen atoms in total. The fraction of sp³-hybridized carbons (Fsp3) is 0.308. The smallest absolute Gasteiger partial charge is 0.407 e. The molecule has 0 atom stereocenters. The van der Waals surface area contributed by atoms with Crippen molar-refractivity contribution < 1.29 is 9.53 Å². The van der Waals surface area contributed by atoms with E-state index in [0.29, 0.717) is 39.0 Å². The van der Waals surface area contributed by atoms with Crippen molar-refractivity contribution in [1.82, 2.24) is 25.5 Å². The van der Waals surface area contributed by atoms with E-state index in [-0.39, 0.29) is 12.0 Å². The number of aromatic nitrogens is 4. The maximum atomic E-state index is 12.2. The third kappa shape index (κ3) is 5.24.